The van der Waals surface area contributed by atoms with E-state index >= 15 is 0 Å². The maximum Gasteiger partial charge on any atom is 0.338 e. The standard InChI is InChI=1S/C12H22O4S/c1-8(2)16-10(14)12(6,15)7-9(13)17-11(3,4)5/h8,15H,7H2,1-6H3. The second-order valence-electron chi connectivity index (χ2n) is 5.49. The second-order valence-corrected chi connectivity index (χ2v) is 7.38. The van der Waals surface area contributed by atoms with E-state index in [-0.39, 0.29) is 22.4 Å². The first kappa shape index (κ1) is 16.4. The predicted molar refractivity (Wildman–Crippen MR) is 68.8 cm³/mol. The topological polar surface area (TPSA) is 63.6 Å². The molecule has 0 heterocycles. The van der Waals surface area contributed by atoms with E-state index in [0.29, 0.717) is 0 Å². The number of rotatable bonds is 4. The van der Waals surface area contributed by atoms with Gasteiger partial charge >= 0.3 is 5.97 Å². The van der Waals surface area contributed by atoms with Gasteiger partial charge in [0.1, 0.15) is 0 Å². The van der Waals surface area contributed by atoms with Gasteiger partial charge in [-0.3, -0.25) is 4.79 Å². The Hall–Kier alpha value is -0.550. The van der Waals surface area contributed by atoms with Crippen molar-refractivity contribution in [1.29, 1.82) is 0 Å². The van der Waals surface area contributed by atoms with Gasteiger partial charge in [0.15, 0.2) is 10.7 Å². The van der Waals surface area contributed by atoms with Gasteiger partial charge in [0, 0.05) is 4.75 Å². The van der Waals surface area contributed by atoms with Gasteiger partial charge in [-0.05, 0) is 20.8 Å². The van der Waals surface area contributed by atoms with E-state index in [9.17, 15) is 14.7 Å². The molecule has 0 aliphatic heterocycles. The highest BCUT2D eigenvalue weighted by atomic mass is 32.2. The van der Waals surface area contributed by atoms with Crippen LogP contribution in [-0.2, 0) is 14.3 Å². The molecule has 0 aliphatic carbocycles. The summed E-state index contributed by atoms with van der Waals surface area (Å²) in [6, 6.07) is 0. The van der Waals surface area contributed by atoms with Gasteiger partial charge in [0.05, 0.1) is 12.5 Å². The van der Waals surface area contributed by atoms with Gasteiger partial charge in [-0.1, -0.05) is 32.5 Å². The van der Waals surface area contributed by atoms with E-state index < -0.39 is 11.6 Å². The highest BCUT2D eigenvalue weighted by Crippen LogP contribution is 2.28. The molecule has 0 aliphatic rings. The first-order valence-electron chi connectivity index (χ1n) is 5.59. The van der Waals surface area contributed by atoms with Crippen molar-refractivity contribution in [2.45, 2.75) is 64.4 Å². The SMILES string of the molecule is CC(C)OC(=O)C(C)(O)CC(=O)SC(C)(C)C. The number of ether oxygens (including phenoxy) is 1. The second kappa shape index (κ2) is 5.87. The van der Waals surface area contributed by atoms with Crippen LogP contribution in [0.1, 0.15) is 48.0 Å². The Morgan fingerprint density at radius 3 is 2.06 bits per heavy atom. The van der Waals surface area contributed by atoms with Gasteiger partial charge in [0.25, 0.3) is 0 Å². The number of carbonyl (C=O) groups is 2. The molecule has 1 N–H and O–H groups in total. The first-order chi connectivity index (χ1) is 7.44. The number of aliphatic hydroxyl groups is 1. The van der Waals surface area contributed by atoms with Gasteiger partial charge in [0.2, 0.25) is 0 Å². The van der Waals surface area contributed by atoms with Crippen LogP contribution in [0.2, 0.25) is 0 Å². The van der Waals surface area contributed by atoms with Crippen molar-refractivity contribution < 1.29 is 19.4 Å². The molecule has 5 heteroatoms. The Balaban J connectivity index is 4.44. The third-order valence-electron chi connectivity index (χ3n) is 1.69. The molecule has 100 valence electrons. The molecule has 1 unspecified atom stereocenters. The molecule has 0 saturated carbocycles. The van der Waals surface area contributed by atoms with E-state index in [1.807, 2.05) is 20.8 Å². The lowest BCUT2D eigenvalue weighted by molar-refractivity contribution is -0.169. The molecule has 1 atom stereocenters. The lowest BCUT2D eigenvalue weighted by Gasteiger charge is -2.23. The summed E-state index contributed by atoms with van der Waals surface area (Å²) in [4.78, 5) is 23.2. The molecular weight excluding hydrogens is 240 g/mol. The number of hydrogen-bond acceptors (Lipinski definition) is 5. The minimum Gasteiger partial charge on any atom is -0.461 e. The molecule has 0 bridgehead atoms. The van der Waals surface area contributed by atoms with Crippen molar-refractivity contribution >= 4 is 22.8 Å². The summed E-state index contributed by atoms with van der Waals surface area (Å²) < 4.78 is 4.67. The molecule has 0 aromatic carbocycles. The molecule has 0 fully saturated rings. The summed E-state index contributed by atoms with van der Waals surface area (Å²) in [6.45, 7) is 10.4. The molecule has 0 aromatic heterocycles. The van der Waals surface area contributed by atoms with Crippen molar-refractivity contribution in [3.05, 3.63) is 0 Å². The Morgan fingerprint density at radius 1 is 1.24 bits per heavy atom. The number of esters is 1. The van der Waals surface area contributed by atoms with Crippen LogP contribution in [0, 0.1) is 0 Å². The fourth-order valence-electron chi connectivity index (χ4n) is 1.07. The van der Waals surface area contributed by atoms with Crippen molar-refractivity contribution in [2.75, 3.05) is 0 Å². The van der Waals surface area contributed by atoms with Gasteiger partial charge in [-0.2, -0.15) is 0 Å². The summed E-state index contributed by atoms with van der Waals surface area (Å²) in [5, 5.41) is 9.67. The number of thioether (sulfide) groups is 1. The maximum absolute atomic E-state index is 11.7. The first-order valence-corrected chi connectivity index (χ1v) is 6.41. The van der Waals surface area contributed by atoms with Crippen LogP contribution in [0.3, 0.4) is 0 Å². The molecule has 0 spiro atoms. The third-order valence-corrected chi connectivity index (χ3v) is 2.68. The van der Waals surface area contributed by atoms with E-state index in [0.717, 1.165) is 11.8 Å². The average Bonchev–Trinajstić information content (AvgIpc) is 1.96. The summed E-state index contributed by atoms with van der Waals surface area (Å²) >= 11 is 1.11. The van der Waals surface area contributed by atoms with Gasteiger partial charge in [-0.15, -0.1) is 0 Å². The summed E-state index contributed by atoms with van der Waals surface area (Å²) in [6.07, 6.45) is -0.542. The van der Waals surface area contributed by atoms with E-state index in [1.54, 1.807) is 13.8 Å². The molecule has 0 aromatic rings. The zero-order valence-corrected chi connectivity index (χ0v) is 12.2. The van der Waals surface area contributed by atoms with Crippen molar-refractivity contribution in [3.8, 4) is 0 Å². The zero-order chi connectivity index (χ0) is 13.9. The van der Waals surface area contributed by atoms with Crippen molar-refractivity contribution in [1.82, 2.24) is 0 Å². The molecular formula is C12H22O4S. The molecule has 0 amide bonds. The molecule has 0 radical (unpaired) electrons. The third kappa shape index (κ3) is 7.39. The fourth-order valence-corrected chi connectivity index (χ4v) is 2.11. The van der Waals surface area contributed by atoms with Gasteiger partial charge < -0.3 is 9.84 Å². The van der Waals surface area contributed by atoms with Crippen LogP contribution in [0.15, 0.2) is 0 Å². The fraction of sp³-hybridized carbons (Fsp3) is 0.833. The smallest absolute Gasteiger partial charge is 0.338 e. The monoisotopic (exact) mass is 262 g/mol. The van der Waals surface area contributed by atoms with Crippen LogP contribution in [0.5, 0.6) is 0 Å². The highest BCUT2D eigenvalue weighted by molar-refractivity contribution is 8.14. The Kier molecular flexibility index (Phi) is 5.68. The molecule has 17 heavy (non-hydrogen) atoms. The quantitative estimate of drug-likeness (QED) is 0.786. The summed E-state index contributed by atoms with van der Waals surface area (Å²) in [5.41, 5.74) is -1.75. The van der Waals surface area contributed by atoms with Crippen molar-refractivity contribution in [2.24, 2.45) is 0 Å². The van der Waals surface area contributed by atoms with E-state index in [4.69, 9.17) is 4.74 Å². The zero-order valence-electron chi connectivity index (χ0n) is 11.4. The van der Waals surface area contributed by atoms with Crippen LogP contribution >= 0.6 is 11.8 Å². The van der Waals surface area contributed by atoms with E-state index in [2.05, 4.69) is 0 Å². The Labute approximate surface area is 107 Å². The van der Waals surface area contributed by atoms with Crippen molar-refractivity contribution in [3.63, 3.8) is 0 Å². The Morgan fingerprint density at radius 2 is 1.71 bits per heavy atom. The lowest BCUT2D eigenvalue weighted by atomic mass is 10.0. The summed E-state index contributed by atoms with van der Waals surface area (Å²) in [7, 11) is 0. The van der Waals surface area contributed by atoms with Gasteiger partial charge in [-0.25, -0.2) is 4.79 Å². The minimum atomic E-state index is -1.75. The maximum atomic E-state index is 11.7. The number of hydrogen-bond donors (Lipinski definition) is 1. The highest BCUT2D eigenvalue weighted by Gasteiger charge is 2.36. The van der Waals surface area contributed by atoms with Crippen LogP contribution in [-0.4, -0.2) is 32.6 Å². The van der Waals surface area contributed by atoms with Crippen LogP contribution in [0.25, 0.3) is 0 Å². The van der Waals surface area contributed by atoms with E-state index in [1.165, 1.54) is 6.92 Å². The molecule has 0 saturated heterocycles. The lowest BCUT2D eigenvalue weighted by Crippen LogP contribution is -2.40. The largest absolute Gasteiger partial charge is 0.461 e. The molecule has 0 rings (SSSR count). The predicted octanol–water partition coefficient (Wildman–Crippen LogP) is 2.14. The van der Waals surface area contributed by atoms with Crippen LogP contribution < -0.4 is 0 Å². The number of carbonyl (C=O) groups excluding carboxylic acids is 2. The Bertz CT molecular complexity index is 289. The minimum absolute atomic E-state index is 0.219. The normalized spacial score (nSPS) is 15.5. The summed E-state index contributed by atoms with van der Waals surface area (Å²) in [5.74, 6) is -0.754. The average molecular weight is 262 g/mol. The molecule has 4 nitrogen and oxygen atoms in total. The van der Waals surface area contributed by atoms with Crippen LogP contribution in [0.4, 0.5) is 0 Å².